The van der Waals surface area contributed by atoms with E-state index in [-0.39, 0.29) is 0 Å². The molecule has 0 spiro atoms. The van der Waals surface area contributed by atoms with Crippen LogP contribution in [0.4, 0.5) is 4.39 Å². The summed E-state index contributed by atoms with van der Waals surface area (Å²) in [7, 11) is 0. The van der Waals surface area contributed by atoms with Gasteiger partial charge in [-0.25, -0.2) is 9.87 Å². The summed E-state index contributed by atoms with van der Waals surface area (Å²) < 4.78 is 16.4. The van der Waals surface area contributed by atoms with Gasteiger partial charge in [0.25, 0.3) is 5.91 Å². The number of benzene rings is 2. The van der Waals surface area contributed by atoms with E-state index in [1.165, 1.54) is 22.2 Å². The molecule has 0 aliphatic carbocycles. The molecular weight excluding hydrogens is 443 g/mol. The molecule has 1 aliphatic heterocycles. The second kappa shape index (κ2) is 10.9. The number of para-hydroxylation sites is 1. The number of nitrogens with zero attached hydrogens (tertiary/aromatic N) is 3. The number of aromatic nitrogens is 1. The van der Waals surface area contributed by atoms with Crippen LogP contribution in [-0.2, 0) is 13.0 Å². The molecule has 2 aromatic carbocycles. The minimum Gasteiger partial charge on any atom is -0.345 e. The van der Waals surface area contributed by atoms with Crippen LogP contribution in [0.15, 0.2) is 48.5 Å². The van der Waals surface area contributed by atoms with Crippen LogP contribution >= 0.6 is 0 Å². The third-order valence-electron chi connectivity index (χ3n) is 6.98. The van der Waals surface area contributed by atoms with Gasteiger partial charge < -0.3 is 9.47 Å². The van der Waals surface area contributed by atoms with E-state index in [0.29, 0.717) is 12.1 Å². The van der Waals surface area contributed by atoms with Crippen LogP contribution in [0.2, 0.25) is 0 Å². The van der Waals surface area contributed by atoms with Crippen molar-refractivity contribution in [3.63, 3.8) is 0 Å². The maximum Gasteiger partial charge on any atom is 0.274 e. The highest BCUT2D eigenvalue weighted by Crippen LogP contribution is 2.28. The van der Waals surface area contributed by atoms with Gasteiger partial charge in [0.2, 0.25) is 0 Å². The topological polar surface area (TPSA) is 60.7 Å². The zero-order chi connectivity index (χ0) is 25.0. The number of aryl methyl sites for hydroxylation is 1. The lowest BCUT2D eigenvalue weighted by molar-refractivity contribution is 0.0706. The Hall–Kier alpha value is -2.74. The lowest BCUT2D eigenvalue weighted by Gasteiger charge is -2.36. The summed E-state index contributed by atoms with van der Waals surface area (Å²) in [6.07, 6.45) is 1.85. The fourth-order valence-corrected chi connectivity index (χ4v) is 5.21. The standard InChI is InChI=1S/C28H37FN4O2/c1-21-25(19-22-9-11-23(12-10-22)27(34)30-35)24-7-4-5-8-26(24)33(21)14-6-13-31-15-17-32(18-16-31)20-28(2,3)29/h4-5,7-12,35H,6,13-20H2,1-3H3,(H,30,34). The van der Waals surface area contributed by atoms with Crippen molar-refractivity contribution < 1.29 is 14.4 Å². The third-order valence-corrected chi connectivity index (χ3v) is 6.98. The summed E-state index contributed by atoms with van der Waals surface area (Å²) in [6, 6.07) is 15.9. The third kappa shape index (κ3) is 6.28. The van der Waals surface area contributed by atoms with Gasteiger partial charge in [-0.05, 0) is 69.5 Å². The number of hydroxylamine groups is 1. The van der Waals surface area contributed by atoms with Crippen molar-refractivity contribution in [1.29, 1.82) is 0 Å². The molecule has 1 fully saturated rings. The molecule has 0 radical (unpaired) electrons. The Morgan fingerprint density at radius 2 is 1.66 bits per heavy atom. The smallest absolute Gasteiger partial charge is 0.274 e. The van der Waals surface area contributed by atoms with E-state index < -0.39 is 11.6 Å². The van der Waals surface area contributed by atoms with Crippen LogP contribution in [0.5, 0.6) is 0 Å². The van der Waals surface area contributed by atoms with Gasteiger partial charge in [0.05, 0.1) is 0 Å². The molecule has 0 unspecified atom stereocenters. The quantitative estimate of drug-likeness (QED) is 0.352. The van der Waals surface area contributed by atoms with Gasteiger partial charge in [0, 0.05) is 61.4 Å². The van der Waals surface area contributed by atoms with E-state index in [2.05, 4.69) is 45.6 Å². The van der Waals surface area contributed by atoms with Crippen molar-refractivity contribution in [3.05, 3.63) is 70.9 Å². The van der Waals surface area contributed by atoms with Gasteiger partial charge in [0.15, 0.2) is 0 Å². The van der Waals surface area contributed by atoms with Gasteiger partial charge in [-0.3, -0.25) is 14.9 Å². The molecule has 0 atom stereocenters. The van der Waals surface area contributed by atoms with Crippen molar-refractivity contribution in [1.82, 2.24) is 19.8 Å². The number of rotatable bonds is 9. The average Bonchev–Trinajstić information content (AvgIpc) is 3.10. The lowest BCUT2D eigenvalue weighted by atomic mass is 10.0. The highest BCUT2D eigenvalue weighted by molar-refractivity contribution is 5.93. The zero-order valence-electron chi connectivity index (χ0n) is 21.1. The normalized spacial score (nSPS) is 15.6. The number of hydrogen-bond acceptors (Lipinski definition) is 4. The Morgan fingerprint density at radius 3 is 2.31 bits per heavy atom. The van der Waals surface area contributed by atoms with Crippen molar-refractivity contribution in [2.24, 2.45) is 0 Å². The molecule has 1 amide bonds. The Morgan fingerprint density at radius 1 is 1.00 bits per heavy atom. The molecule has 0 saturated carbocycles. The second-order valence-electron chi connectivity index (χ2n) is 10.2. The maximum absolute atomic E-state index is 13.9. The average molecular weight is 481 g/mol. The molecule has 0 bridgehead atoms. The summed E-state index contributed by atoms with van der Waals surface area (Å²) in [5.74, 6) is -0.503. The van der Waals surface area contributed by atoms with Crippen molar-refractivity contribution in [2.75, 3.05) is 39.3 Å². The van der Waals surface area contributed by atoms with Gasteiger partial charge in [-0.1, -0.05) is 30.3 Å². The number of carbonyl (C=O) groups excluding carboxylic acids is 1. The molecule has 2 heterocycles. The predicted octanol–water partition coefficient (Wildman–Crippen LogP) is 4.42. The zero-order valence-corrected chi connectivity index (χ0v) is 21.1. The molecule has 188 valence electrons. The first-order chi connectivity index (χ1) is 16.7. The molecule has 1 aliphatic rings. The van der Waals surface area contributed by atoms with Gasteiger partial charge >= 0.3 is 0 Å². The van der Waals surface area contributed by atoms with Crippen molar-refractivity contribution in [2.45, 2.75) is 45.8 Å². The van der Waals surface area contributed by atoms with E-state index in [1.807, 2.05) is 12.1 Å². The highest BCUT2D eigenvalue weighted by atomic mass is 19.1. The monoisotopic (exact) mass is 480 g/mol. The first-order valence-corrected chi connectivity index (χ1v) is 12.5. The molecule has 4 rings (SSSR count). The summed E-state index contributed by atoms with van der Waals surface area (Å²) in [6.45, 7) is 11.9. The Kier molecular flexibility index (Phi) is 7.89. The van der Waals surface area contributed by atoms with Crippen LogP contribution in [0.25, 0.3) is 10.9 Å². The second-order valence-corrected chi connectivity index (χ2v) is 10.2. The number of hydrogen-bond donors (Lipinski definition) is 2. The van der Waals surface area contributed by atoms with Crippen LogP contribution < -0.4 is 5.48 Å². The SMILES string of the molecule is Cc1c(Cc2ccc(C(=O)NO)cc2)c2ccccc2n1CCCN1CCN(CC(C)(C)F)CC1. The Balaban J connectivity index is 1.40. The number of carbonyl (C=O) groups is 1. The van der Waals surface area contributed by atoms with E-state index in [1.54, 1.807) is 31.5 Å². The van der Waals surface area contributed by atoms with Gasteiger partial charge in [0.1, 0.15) is 5.67 Å². The fraction of sp³-hybridized carbons (Fsp3) is 0.464. The molecule has 7 heteroatoms. The minimum absolute atomic E-state index is 0.435. The number of alkyl halides is 1. The predicted molar refractivity (Wildman–Crippen MR) is 138 cm³/mol. The number of halogens is 1. The van der Waals surface area contributed by atoms with E-state index >= 15 is 0 Å². The number of nitrogens with one attached hydrogen (secondary N) is 1. The lowest BCUT2D eigenvalue weighted by Crippen LogP contribution is -2.49. The van der Waals surface area contributed by atoms with Gasteiger partial charge in [-0.2, -0.15) is 0 Å². The molecule has 2 N–H and O–H groups in total. The Bertz CT molecular complexity index is 1140. The summed E-state index contributed by atoms with van der Waals surface area (Å²) in [4.78, 5) is 16.3. The molecular formula is C28H37FN4O2. The summed E-state index contributed by atoms with van der Waals surface area (Å²) >= 11 is 0. The van der Waals surface area contributed by atoms with Crippen molar-refractivity contribution in [3.8, 4) is 0 Å². The molecule has 3 aromatic rings. The summed E-state index contributed by atoms with van der Waals surface area (Å²) in [5.41, 5.74) is 5.94. The van der Waals surface area contributed by atoms with Crippen LogP contribution in [0.1, 0.15) is 47.4 Å². The first kappa shape index (κ1) is 25.4. The largest absolute Gasteiger partial charge is 0.345 e. The van der Waals surface area contributed by atoms with Crippen LogP contribution in [0, 0.1) is 6.92 Å². The van der Waals surface area contributed by atoms with E-state index in [4.69, 9.17) is 5.21 Å². The van der Waals surface area contributed by atoms with Crippen LogP contribution in [0.3, 0.4) is 0 Å². The molecule has 6 nitrogen and oxygen atoms in total. The highest BCUT2D eigenvalue weighted by Gasteiger charge is 2.24. The van der Waals surface area contributed by atoms with Gasteiger partial charge in [-0.15, -0.1) is 0 Å². The first-order valence-electron chi connectivity index (χ1n) is 12.5. The molecule has 1 aromatic heterocycles. The number of amides is 1. The maximum atomic E-state index is 13.9. The number of fused-ring (bicyclic) bond motifs is 1. The van der Waals surface area contributed by atoms with E-state index in [9.17, 15) is 9.18 Å². The fourth-order valence-electron chi connectivity index (χ4n) is 5.21. The van der Waals surface area contributed by atoms with Crippen LogP contribution in [-0.4, -0.2) is 70.4 Å². The Labute approximate surface area is 207 Å². The minimum atomic E-state index is -1.14. The molecule has 1 saturated heterocycles. The number of piperazine rings is 1. The molecule has 35 heavy (non-hydrogen) atoms. The summed E-state index contributed by atoms with van der Waals surface area (Å²) in [5, 5.41) is 10.1. The van der Waals surface area contributed by atoms with Crippen molar-refractivity contribution >= 4 is 16.8 Å². The van der Waals surface area contributed by atoms with E-state index in [0.717, 1.165) is 57.7 Å².